The highest BCUT2D eigenvalue weighted by Gasteiger charge is 2.13. The Bertz CT molecular complexity index is 549. The Labute approximate surface area is 172 Å². The maximum atomic E-state index is 12.5. The van der Waals surface area contributed by atoms with Crippen LogP contribution in [0, 0.1) is 11.8 Å². The Morgan fingerprint density at radius 2 is 1.43 bits per heavy atom. The third-order valence-electron chi connectivity index (χ3n) is 5.20. The quantitative estimate of drug-likeness (QED) is 0.252. The van der Waals surface area contributed by atoms with Crippen molar-refractivity contribution in [1.29, 1.82) is 0 Å². The minimum absolute atomic E-state index is 0.219. The molecule has 0 aromatic heterocycles. The van der Waals surface area contributed by atoms with Crippen LogP contribution in [0.5, 0.6) is 5.75 Å². The highest BCUT2D eigenvalue weighted by Crippen LogP contribution is 2.21. The monoisotopic (exact) mass is 390 g/mol. The van der Waals surface area contributed by atoms with Gasteiger partial charge < -0.3 is 9.84 Å². The van der Waals surface area contributed by atoms with Gasteiger partial charge in [0.15, 0.2) is 0 Å². The van der Waals surface area contributed by atoms with Gasteiger partial charge >= 0.3 is 5.97 Å². The van der Waals surface area contributed by atoms with Crippen LogP contribution in [0.1, 0.15) is 108 Å². The van der Waals surface area contributed by atoms with E-state index in [1.54, 1.807) is 18.2 Å². The number of carbonyl (C=O) groups is 1. The van der Waals surface area contributed by atoms with Gasteiger partial charge in [-0.3, -0.25) is 0 Å². The van der Waals surface area contributed by atoms with E-state index in [0.717, 1.165) is 49.5 Å². The topological polar surface area (TPSA) is 46.5 Å². The zero-order chi connectivity index (χ0) is 20.8. The Hall–Kier alpha value is -1.51. The number of unbranched alkanes of at least 4 members (excludes halogenated alkanes) is 6. The van der Waals surface area contributed by atoms with Crippen LogP contribution in [-0.2, 0) is 11.2 Å². The van der Waals surface area contributed by atoms with Gasteiger partial charge in [0.25, 0.3) is 0 Å². The van der Waals surface area contributed by atoms with Gasteiger partial charge in [0, 0.05) is 0 Å². The number of hydrogen-bond donors (Lipinski definition) is 1. The molecule has 0 saturated carbocycles. The number of ether oxygens (including phenoxy) is 1. The van der Waals surface area contributed by atoms with Crippen LogP contribution in [0.25, 0.3) is 0 Å². The van der Waals surface area contributed by atoms with E-state index < -0.39 is 0 Å². The first-order valence-corrected chi connectivity index (χ1v) is 11.4. The molecule has 0 aliphatic heterocycles. The van der Waals surface area contributed by atoms with Crippen molar-refractivity contribution in [3.8, 4) is 5.75 Å². The Kier molecular flexibility index (Phi) is 12.7. The predicted octanol–water partition coefficient (Wildman–Crippen LogP) is 7.30. The first-order valence-electron chi connectivity index (χ1n) is 11.4. The predicted molar refractivity (Wildman–Crippen MR) is 118 cm³/mol. The molecule has 1 aromatic carbocycles. The van der Waals surface area contributed by atoms with Crippen molar-refractivity contribution in [2.75, 3.05) is 6.61 Å². The van der Waals surface area contributed by atoms with Crippen LogP contribution in [0.15, 0.2) is 18.2 Å². The molecule has 1 rings (SSSR count). The minimum atomic E-state index is -0.253. The average molecular weight is 391 g/mol. The summed E-state index contributed by atoms with van der Waals surface area (Å²) in [4.78, 5) is 12.5. The second-order valence-electron chi connectivity index (χ2n) is 8.92. The molecule has 28 heavy (non-hydrogen) atoms. The van der Waals surface area contributed by atoms with E-state index in [9.17, 15) is 9.90 Å². The first kappa shape index (κ1) is 24.5. The second kappa shape index (κ2) is 14.5. The van der Waals surface area contributed by atoms with Crippen LogP contribution in [-0.4, -0.2) is 17.7 Å². The SMILES string of the molecule is CC(C)CCCCCCOC(=O)c1ccc(O)cc1CCCCCCC(C)C. The maximum Gasteiger partial charge on any atom is 0.338 e. The van der Waals surface area contributed by atoms with Gasteiger partial charge in [-0.2, -0.15) is 0 Å². The fourth-order valence-electron chi connectivity index (χ4n) is 3.46. The molecule has 0 heterocycles. The zero-order valence-corrected chi connectivity index (χ0v) is 18.6. The molecule has 160 valence electrons. The van der Waals surface area contributed by atoms with E-state index >= 15 is 0 Å². The van der Waals surface area contributed by atoms with Gasteiger partial charge in [-0.1, -0.05) is 79.1 Å². The number of benzene rings is 1. The fraction of sp³-hybridized carbons (Fsp3) is 0.720. The fourth-order valence-corrected chi connectivity index (χ4v) is 3.46. The molecule has 0 atom stereocenters. The molecule has 0 spiro atoms. The number of carbonyl (C=O) groups excluding carboxylic acids is 1. The van der Waals surface area contributed by atoms with Crippen LogP contribution in [0.3, 0.4) is 0 Å². The Morgan fingerprint density at radius 3 is 2.04 bits per heavy atom. The van der Waals surface area contributed by atoms with E-state index in [1.165, 1.54) is 38.5 Å². The molecule has 0 radical (unpaired) electrons. The zero-order valence-electron chi connectivity index (χ0n) is 18.6. The number of hydrogen-bond acceptors (Lipinski definition) is 3. The number of phenols is 1. The summed E-state index contributed by atoms with van der Waals surface area (Å²) in [5.41, 5.74) is 1.52. The third-order valence-corrected chi connectivity index (χ3v) is 5.20. The highest BCUT2D eigenvalue weighted by molar-refractivity contribution is 5.91. The average Bonchev–Trinajstić information content (AvgIpc) is 2.63. The molecule has 3 heteroatoms. The molecular formula is C25H42O3. The van der Waals surface area contributed by atoms with Crippen molar-refractivity contribution in [3.63, 3.8) is 0 Å². The number of rotatable bonds is 15. The number of aryl methyl sites for hydroxylation is 1. The summed E-state index contributed by atoms with van der Waals surface area (Å²) in [7, 11) is 0. The van der Waals surface area contributed by atoms with E-state index in [1.807, 2.05) is 0 Å². The summed E-state index contributed by atoms with van der Waals surface area (Å²) in [6, 6.07) is 5.00. The Morgan fingerprint density at radius 1 is 0.857 bits per heavy atom. The van der Waals surface area contributed by atoms with Gasteiger partial charge in [0.05, 0.1) is 12.2 Å². The minimum Gasteiger partial charge on any atom is -0.508 e. The molecule has 0 unspecified atom stereocenters. The molecule has 0 amide bonds. The molecule has 0 saturated heterocycles. The lowest BCUT2D eigenvalue weighted by atomic mass is 9.99. The Balaban J connectivity index is 2.35. The largest absolute Gasteiger partial charge is 0.508 e. The molecule has 0 aliphatic carbocycles. The summed E-state index contributed by atoms with van der Waals surface area (Å²) in [5.74, 6) is 1.50. The van der Waals surface area contributed by atoms with Crippen molar-refractivity contribution in [2.45, 2.75) is 98.3 Å². The lowest BCUT2D eigenvalue weighted by Crippen LogP contribution is -2.09. The summed E-state index contributed by atoms with van der Waals surface area (Å²) >= 11 is 0. The van der Waals surface area contributed by atoms with Crippen LogP contribution >= 0.6 is 0 Å². The van der Waals surface area contributed by atoms with Crippen molar-refractivity contribution in [2.24, 2.45) is 11.8 Å². The molecule has 0 fully saturated rings. The second-order valence-corrected chi connectivity index (χ2v) is 8.92. The first-order chi connectivity index (χ1) is 13.4. The van der Waals surface area contributed by atoms with E-state index in [-0.39, 0.29) is 11.7 Å². The lowest BCUT2D eigenvalue weighted by molar-refractivity contribution is 0.0496. The van der Waals surface area contributed by atoms with Crippen LogP contribution < -0.4 is 0 Å². The highest BCUT2D eigenvalue weighted by atomic mass is 16.5. The van der Waals surface area contributed by atoms with Crippen LogP contribution in [0.2, 0.25) is 0 Å². The maximum absolute atomic E-state index is 12.5. The van der Waals surface area contributed by atoms with Gasteiger partial charge in [-0.05, 0) is 54.9 Å². The molecular weight excluding hydrogens is 348 g/mol. The molecule has 3 nitrogen and oxygen atoms in total. The molecule has 0 aliphatic rings. The summed E-state index contributed by atoms with van der Waals surface area (Å²) in [5, 5.41) is 9.80. The van der Waals surface area contributed by atoms with Crippen LogP contribution in [0.4, 0.5) is 0 Å². The number of phenolic OH excluding ortho intramolecular Hbond substituents is 1. The lowest BCUT2D eigenvalue weighted by Gasteiger charge is -2.11. The summed E-state index contributed by atoms with van der Waals surface area (Å²) in [6.07, 6.45) is 12.6. The number of aromatic hydroxyl groups is 1. The van der Waals surface area contributed by atoms with Crippen molar-refractivity contribution in [3.05, 3.63) is 29.3 Å². The molecule has 0 bridgehead atoms. The van der Waals surface area contributed by atoms with Gasteiger partial charge in [0.2, 0.25) is 0 Å². The smallest absolute Gasteiger partial charge is 0.338 e. The van der Waals surface area contributed by atoms with Crippen molar-refractivity contribution < 1.29 is 14.6 Å². The summed E-state index contributed by atoms with van der Waals surface area (Å²) < 4.78 is 5.49. The standard InChI is InChI=1S/C25H42O3/c1-20(2)13-9-5-6-11-15-22-19-23(26)16-17-24(22)25(27)28-18-12-8-7-10-14-21(3)4/h16-17,19-21,26H,5-15,18H2,1-4H3. The van der Waals surface area contributed by atoms with E-state index in [4.69, 9.17) is 4.74 Å². The van der Waals surface area contributed by atoms with Crippen molar-refractivity contribution in [1.82, 2.24) is 0 Å². The summed E-state index contributed by atoms with van der Waals surface area (Å²) in [6.45, 7) is 9.51. The van der Waals surface area contributed by atoms with Gasteiger partial charge in [-0.25, -0.2) is 4.79 Å². The van der Waals surface area contributed by atoms with Crippen molar-refractivity contribution >= 4 is 5.97 Å². The normalized spacial score (nSPS) is 11.4. The van der Waals surface area contributed by atoms with Gasteiger partial charge in [-0.15, -0.1) is 0 Å². The number of esters is 1. The molecule has 1 N–H and O–H groups in total. The third kappa shape index (κ3) is 11.4. The van der Waals surface area contributed by atoms with E-state index in [2.05, 4.69) is 27.7 Å². The molecule has 1 aromatic rings. The van der Waals surface area contributed by atoms with E-state index in [0.29, 0.717) is 12.2 Å². The van der Waals surface area contributed by atoms with Gasteiger partial charge in [0.1, 0.15) is 5.75 Å².